The highest BCUT2D eigenvalue weighted by atomic mass is 32.2. The van der Waals surface area contributed by atoms with E-state index in [1.54, 1.807) is 6.08 Å². The second-order valence-corrected chi connectivity index (χ2v) is 6.25. The fraction of sp³-hybridized carbons (Fsp3) is 0.182. The molecule has 0 atom stereocenters. The van der Waals surface area contributed by atoms with Crippen molar-refractivity contribution in [2.24, 2.45) is 0 Å². The van der Waals surface area contributed by atoms with Gasteiger partial charge in [0.05, 0.1) is 4.91 Å². The smallest absolute Gasteiger partial charge is 0.323 e. The molecule has 1 aromatic heterocycles. The van der Waals surface area contributed by atoms with Crippen molar-refractivity contribution in [3.05, 3.63) is 26.8 Å². The third-order valence-corrected chi connectivity index (χ3v) is 4.67. The normalized spacial score (nSPS) is 17.8. The highest BCUT2D eigenvalue weighted by molar-refractivity contribution is 8.26. The lowest BCUT2D eigenvalue weighted by atomic mass is 10.2. The number of hydrogen-bond donors (Lipinski definition) is 1. The van der Waals surface area contributed by atoms with Gasteiger partial charge in [-0.05, 0) is 30.0 Å². The number of aliphatic carboxylic acids is 1. The molecule has 0 unspecified atom stereocenters. The zero-order chi connectivity index (χ0) is 13.3. The number of nitrogens with zero attached hydrogens (tertiary/aromatic N) is 1. The summed E-state index contributed by atoms with van der Waals surface area (Å²) >= 11 is 7.69. The molecule has 0 aliphatic carbocycles. The van der Waals surface area contributed by atoms with Crippen LogP contribution in [0.25, 0.3) is 6.08 Å². The molecule has 0 radical (unpaired) electrons. The van der Waals surface area contributed by atoms with E-state index in [0.29, 0.717) is 9.23 Å². The molecule has 0 saturated carbocycles. The van der Waals surface area contributed by atoms with Gasteiger partial charge in [-0.15, -0.1) is 11.3 Å². The lowest BCUT2D eigenvalue weighted by Crippen LogP contribution is -2.33. The number of amides is 1. The van der Waals surface area contributed by atoms with Crippen molar-refractivity contribution in [2.45, 2.75) is 6.92 Å². The van der Waals surface area contributed by atoms with Crippen LogP contribution in [0, 0.1) is 6.92 Å². The minimum absolute atomic E-state index is 0.294. The van der Waals surface area contributed by atoms with Crippen LogP contribution >= 0.6 is 35.3 Å². The van der Waals surface area contributed by atoms with Gasteiger partial charge in [-0.2, -0.15) is 0 Å². The number of carboxylic acid groups (broad SMARTS) is 1. The predicted molar refractivity (Wildman–Crippen MR) is 76.6 cm³/mol. The SMILES string of the molecule is Cc1ccsc1/C=C1\SC(=S)N(CC(=O)O)C1=O. The summed E-state index contributed by atoms with van der Waals surface area (Å²) in [5, 5.41) is 10.7. The van der Waals surface area contributed by atoms with Gasteiger partial charge in [0, 0.05) is 4.88 Å². The van der Waals surface area contributed by atoms with Crippen LogP contribution in [0.4, 0.5) is 0 Å². The van der Waals surface area contributed by atoms with Crippen molar-refractivity contribution in [3.8, 4) is 0 Å². The van der Waals surface area contributed by atoms with Crippen LogP contribution < -0.4 is 0 Å². The standard InChI is InChI=1S/C11H9NO3S3/c1-6-2-3-17-7(6)4-8-10(15)12(5-9(13)14)11(16)18-8/h2-4H,5H2,1H3,(H,13,14)/b8-4-. The summed E-state index contributed by atoms with van der Waals surface area (Å²) in [4.78, 5) is 25.2. The molecule has 0 bridgehead atoms. The molecule has 1 fully saturated rings. The van der Waals surface area contributed by atoms with Gasteiger partial charge in [-0.1, -0.05) is 24.0 Å². The molecule has 1 aliphatic heterocycles. The first-order valence-electron chi connectivity index (χ1n) is 5.00. The highest BCUT2D eigenvalue weighted by Crippen LogP contribution is 2.33. The lowest BCUT2D eigenvalue weighted by Gasteiger charge is -2.10. The van der Waals surface area contributed by atoms with Crippen LogP contribution in [0.3, 0.4) is 0 Å². The first-order valence-corrected chi connectivity index (χ1v) is 7.10. The number of carbonyl (C=O) groups is 2. The maximum atomic E-state index is 12.0. The van der Waals surface area contributed by atoms with Crippen molar-refractivity contribution in [2.75, 3.05) is 6.54 Å². The summed E-state index contributed by atoms with van der Waals surface area (Å²) in [6.45, 7) is 1.58. The van der Waals surface area contributed by atoms with Gasteiger partial charge in [-0.25, -0.2) is 0 Å². The van der Waals surface area contributed by atoms with Gasteiger partial charge in [0.25, 0.3) is 5.91 Å². The van der Waals surface area contributed by atoms with Gasteiger partial charge < -0.3 is 5.11 Å². The predicted octanol–water partition coefficient (Wildman–Crippen LogP) is 2.34. The molecule has 2 rings (SSSR count). The molecule has 1 saturated heterocycles. The number of carboxylic acids is 1. The third-order valence-electron chi connectivity index (χ3n) is 2.33. The van der Waals surface area contributed by atoms with E-state index in [2.05, 4.69) is 0 Å². The molecule has 1 aliphatic rings. The van der Waals surface area contributed by atoms with E-state index in [-0.39, 0.29) is 12.5 Å². The van der Waals surface area contributed by atoms with Gasteiger partial charge in [0.1, 0.15) is 10.9 Å². The van der Waals surface area contributed by atoms with Crippen LogP contribution in [-0.2, 0) is 9.59 Å². The summed E-state index contributed by atoms with van der Waals surface area (Å²) in [5.74, 6) is -1.40. The van der Waals surface area contributed by atoms with Crippen LogP contribution in [0.15, 0.2) is 16.4 Å². The van der Waals surface area contributed by atoms with Crippen molar-refractivity contribution in [1.82, 2.24) is 4.90 Å². The Hall–Kier alpha value is -1.18. The monoisotopic (exact) mass is 299 g/mol. The minimum atomic E-state index is -1.07. The second-order valence-electron chi connectivity index (χ2n) is 3.63. The first-order chi connectivity index (χ1) is 8.49. The van der Waals surface area contributed by atoms with E-state index in [1.807, 2.05) is 18.4 Å². The molecule has 1 N–H and O–H groups in total. The third kappa shape index (κ3) is 2.63. The number of thiophene rings is 1. The molecule has 1 aromatic rings. The van der Waals surface area contributed by atoms with Crippen LogP contribution in [0.2, 0.25) is 0 Å². The van der Waals surface area contributed by atoms with E-state index in [0.717, 1.165) is 27.1 Å². The quantitative estimate of drug-likeness (QED) is 0.686. The lowest BCUT2D eigenvalue weighted by molar-refractivity contribution is -0.140. The van der Waals surface area contributed by atoms with Crippen molar-refractivity contribution in [3.63, 3.8) is 0 Å². The number of rotatable bonds is 3. The summed E-state index contributed by atoms with van der Waals surface area (Å²) in [6, 6.07) is 1.97. The highest BCUT2D eigenvalue weighted by Gasteiger charge is 2.33. The Balaban J connectivity index is 2.25. The van der Waals surface area contributed by atoms with Gasteiger partial charge in [0.2, 0.25) is 0 Å². The van der Waals surface area contributed by atoms with Crippen molar-refractivity contribution in [1.29, 1.82) is 0 Å². The second kappa shape index (κ2) is 5.21. The van der Waals surface area contributed by atoms with Crippen LogP contribution in [0.5, 0.6) is 0 Å². The Bertz CT molecular complexity index is 562. The zero-order valence-corrected chi connectivity index (χ0v) is 11.8. The number of hydrogen-bond acceptors (Lipinski definition) is 5. The molecule has 94 valence electrons. The van der Waals surface area contributed by atoms with E-state index in [4.69, 9.17) is 17.3 Å². The fourth-order valence-corrected chi connectivity index (χ4v) is 3.59. The van der Waals surface area contributed by atoms with Gasteiger partial charge in [0.15, 0.2) is 0 Å². The van der Waals surface area contributed by atoms with E-state index in [9.17, 15) is 9.59 Å². The van der Waals surface area contributed by atoms with Crippen LogP contribution in [-0.4, -0.2) is 32.7 Å². The zero-order valence-electron chi connectivity index (χ0n) is 9.37. The number of thiocarbonyl (C=S) groups is 1. The summed E-state index contributed by atoms with van der Waals surface area (Å²) in [7, 11) is 0. The largest absolute Gasteiger partial charge is 0.480 e. The Morgan fingerprint density at radius 2 is 2.33 bits per heavy atom. The molecular formula is C11H9NO3S3. The maximum Gasteiger partial charge on any atom is 0.323 e. The average molecular weight is 299 g/mol. The number of carbonyl (C=O) groups excluding carboxylic acids is 1. The topological polar surface area (TPSA) is 57.6 Å². The minimum Gasteiger partial charge on any atom is -0.480 e. The van der Waals surface area contributed by atoms with E-state index in [1.165, 1.54) is 11.3 Å². The van der Waals surface area contributed by atoms with Crippen molar-refractivity contribution < 1.29 is 14.7 Å². The Morgan fingerprint density at radius 1 is 1.61 bits per heavy atom. The molecule has 0 aromatic carbocycles. The summed E-state index contributed by atoms with van der Waals surface area (Å²) < 4.78 is 0.294. The number of aryl methyl sites for hydroxylation is 1. The van der Waals surface area contributed by atoms with Gasteiger partial charge in [-0.3, -0.25) is 14.5 Å². The summed E-state index contributed by atoms with van der Waals surface area (Å²) in [5.41, 5.74) is 1.09. The summed E-state index contributed by atoms with van der Waals surface area (Å²) in [6.07, 6.45) is 1.77. The Morgan fingerprint density at radius 3 is 2.89 bits per heavy atom. The number of thioether (sulfide) groups is 1. The maximum absolute atomic E-state index is 12.0. The average Bonchev–Trinajstić information content (AvgIpc) is 2.79. The van der Waals surface area contributed by atoms with Crippen LogP contribution in [0.1, 0.15) is 10.4 Å². The van der Waals surface area contributed by atoms with E-state index < -0.39 is 5.97 Å². The molecule has 0 spiro atoms. The van der Waals surface area contributed by atoms with E-state index >= 15 is 0 Å². The fourth-order valence-electron chi connectivity index (χ4n) is 1.42. The first kappa shape index (κ1) is 13.3. The molecule has 7 heteroatoms. The molecule has 18 heavy (non-hydrogen) atoms. The van der Waals surface area contributed by atoms with Gasteiger partial charge >= 0.3 is 5.97 Å². The van der Waals surface area contributed by atoms with Crippen molar-refractivity contribution >= 4 is 57.6 Å². The molecule has 4 nitrogen and oxygen atoms in total. The molecular weight excluding hydrogens is 290 g/mol. The molecule has 1 amide bonds. The molecule has 2 heterocycles. The Labute approximate surface area is 117 Å². The Kier molecular flexibility index (Phi) is 3.84.